The van der Waals surface area contributed by atoms with Crippen molar-refractivity contribution in [3.05, 3.63) is 39.4 Å². The molecule has 0 radical (unpaired) electrons. The Bertz CT molecular complexity index is 471. The molecule has 1 aromatic carbocycles. The van der Waals surface area contributed by atoms with E-state index in [0.717, 1.165) is 0 Å². The number of nitro groups is 1. The van der Waals surface area contributed by atoms with E-state index in [2.05, 4.69) is 0 Å². The van der Waals surface area contributed by atoms with Crippen molar-refractivity contribution in [1.29, 1.82) is 0 Å². The first kappa shape index (κ1) is 13.2. The summed E-state index contributed by atoms with van der Waals surface area (Å²) < 4.78 is 0. The van der Waals surface area contributed by atoms with Crippen molar-refractivity contribution in [2.24, 2.45) is 0 Å². The van der Waals surface area contributed by atoms with Gasteiger partial charge in [0.15, 0.2) is 6.29 Å². The van der Waals surface area contributed by atoms with E-state index in [1.54, 1.807) is 12.2 Å². The first-order valence-corrected chi connectivity index (χ1v) is 5.32. The predicted molar refractivity (Wildman–Crippen MR) is 64.5 cm³/mol. The van der Waals surface area contributed by atoms with Crippen LogP contribution in [0.1, 0.15) is 22.3 Å². The maximum atomic E-state index is 10.7. The molecule has 0 bridgehead atoms. The number of alkyl halides is 1. The zero-order chi connectivity index (χ0) is 12.8. The molecule has 17 heavy (non-hydrogen) atoms. The first-order valence-electron chi connectivity index (χ1n) is 4.79. The van der Waals surface area contributed by atoms with Crippen LogP contribution in [0.5, 0.6) is 5.75 Å². The summed E-state index contributed by atoms with van der Waals surface area (Å²) in [6.07, 6.45) is 4.34. The minimum atomic E-state index is -0.735. The van der Waals surface area contributed by atoms with Crippen LogP contribution in [-0.4, -0.2) is 22.2 Å². The molecule has 0 aromatic heterocycles. The van der Waals surface area contributed by atoms with Crippen LogP contribution in [0.3, 0.4) is 0 Å². The van der Waals surface area contributed by atoms with E-state index in [9.17, 15) is 20.0 Å². The molecule has 1 N–H and O–H groups in total. The van der Waals surface area contributed by atoms with Crippen LogP contribution in [0.4, 0.5) is 5.69 Å². The van der Waals surface area contributed by atoms with E-state index in [1.807, 2.05) is 0 Å². The molecule has 90 valence electrons. The molecule has 1 rings (SSSR count). The molecule has 0 aliphatic heterocycles. The maximum absolute atomic E-state index is 10.7. The van der Waals surface area contributed by atoms with E-state index >= 15 is 0 Å². The van der Waals surface area contributed by atoms with Crippen LogP contribution in [-0.2, 0) is 0 Å². The van der Waals surface area contributed by atoms with E-state index in [1.165, 1.54) is 12.1 Å². The molecule has 5 nitrogen and oxygen atoms in total. The van der Waals surface area contributed by atoms with Crippen LogP contribution < -0.4 is 0 Å². The van der Waals surface area contributed by atoms with Crippen LogP contribution in [0.25, 0.3) is 6.08 Å². The van der Waals surface area contributed by atoms with Gasteiger partial charge >= 0.3 is 5.69 Å². The van der Waals surface area contributed by atoms with Gasteiger partial charge in [-0.25, -0.2) is 0 Å². The number of phenolic OH excluding ortho intramolecular Hbond substituents is 1. The molecule has 0 saturated heterocycles. The number of halogens is 1. The quantitative estimate of drug-likeness (QED) is 0.380. The van der Waals surface area contributed by atoms with Gasteiger partial charge in [-0.2, -0.15) is 0 Å². The van der Waals surface area contributed by atoms with Crippen molar-refractivity contribution in [2.75, 3.05) is 5.88 Å². The Morgan fingerprint density at radius 2 is 2.18 bits per heavy atom. The molecule has 0 spiro atoms. The van der Waals surface area contributed by atoms with Crippen LogP contribution >= 0.6 is 11.6 Å². The summed E-state index contributed by atoms with van der Waals surface area (Å²) in [5.74, 6) is -0.170. The number of aldehydes is 1. The number of carbonyl (C=O) groups is 1. The van der Waals surface area contributed by atoms with Gasteiger partial charge in [0.05, 0.1) is 10.5 Å². The van der Waals surface area contributed by atoms with Gasteiger partial charge in [-0.05, 0) is 18.1 Å². The molecular weight excluding hydrogens is 246 g/mol. The Kier molecular flexibility index (Phi) is 4.66. The Hall–Kier alpha value is -1.88. The number of carbonyl (C=O) groups excluding carboxylic acids is 1. The monoisotopic (exact) mass is 255 g/mol. The van der Waals surface area contributed by atoms with Gasteiger partial charge in [0, 0.05) is 11.9 Å². The Balaban J connectivity index is 3.20. The number of nitro benzene ring substituents is 1. The molecular formula is C11H10ClNO4. The van der Waals surface area contributed by atoms with E-state index in [0.29, 0.717) is 24.2 Å². The molecule has 0 amide bonds. The minimum absolute atomic E-state index is 0.107. The predicted octanol–water partition coefficient (Wildman–Crippen LogP) is 2.76. The lowest BCUT2D eigenvalue weighted by atomic mass is 10.1. The summed E-state index contributed by atoms with van der Waals surface area (Å²) in [4.78, 5) is 20.6. The van der Waals surface area contributed by atoms with E-state index in [-0.39, 0.29) is 5.56 Å². The largest absolute Gasteiger partial charge is 0.502 e. The molecule has 0 heterocycles. The van der Waals surface area contributed by atoms with Gasteiger partial charge in [-0.15, -0.1) is 11.6 Å². The zero-order valence-corrected chi connectivity index (χ0v) is 9.55. The average Bonchev–Trinajstić information content (AvgIpc) is 2.30. The summed E-state index contributed by atoms with van der Waals surface area (Å²) in [7, 11) is 0. The number of nitrogens with zero attached hydrogens (tertiary/aromatic N) is 1. The van der Waals surface area contributed by atoms with E-state index < -0.39 is 16.4 Å². The lowest BCUT2D eigenvalue weighted by Gasteiger charge is -2.01. The highest BCUT2D eigenvalue weighted by atomic mass is 35.5. The Morgan fingerprint density at radius 1 is 1.47 bits per heavy atom. The second-order valence-corrected chi connectivity index (χ2v) is 3.61. The van der Waals surface area contributed by atoms with Gasteiger partial charge < -0.3 is 5.11 Å². The Morgan fingerprint density at radius 3 is 2.71 bits per heavy atom. The third-order valence-corrected chi connectivity index (χ3v) is 2.27. The molecule has 0 unspecified atom stereocenters. The molecule has 0 aliphatic carbocycles. The van der Waals surface area contributed by atoms with Crippen LogP contribution in [0, 0.1) is 10.1 Å². The molecule has 0 saturated carbocycles. The third kappa shape index (κ3) is 3.29. The van der Waals surface area contributed by atoms with E-state index in [4.69, 9.17) is 11.6 Å². The van der Waals surface area contributed by atoms with Crippen molar-refractivity contribution in [3.63, 3.8) is 0 Å². The molecule has 0 fully saturated rings. The summed E-state index contributed by atoms with van der Waals surface area (Å²) in [5.41, 5.74) is -0.119. The fourth-order valence-corrected chi connectivity index (χ4v) is 1.40. The smallest absolute Gasteiger partial charge is 0.312 e. The van der Waals surface area contributed by atoms with Gasteiger partial charge in [0.1, 0.15) is 0 Å². The van der Waals surface area contributed by atoms with Gasteiger partial charge in [-0.1, -0.05) is 12.2 Å². The molecule has 0 atom stereocenters. The van der Waals surface area contributed by atoms with Crippen molar-refractivity contribution in [3.8, 4) is 5.75 Å². The number of hydrogen-bond acceptors (Lipinski definition) is 4. The second-order valence-electron chi connectivity index (χ2n) is 3.23. The summed E-state index contributed by atoms with van der Waals surface area (Å²) in [6.45, 7) is 0. The van der Waals surface area contributed by atoms with Crippen molar-refractivity contribution < 1.29 is 14.8 Å². The highest BCUT2D eigenvalue weighted by Crippen LogP contribution is 2.30. The standard InChI is InChI=1S/C11H10ClNO4/c12-4-2-1-3-8-5-9(7-14)11(15)10(6-8)13(16)17/h1,3,5-7,15H,2,4H2. The van der Waals surface area contributed by atoms with Gasteiger partial charge in [0.2, 0.25) is 5.75 Å². The molecule has 0 aliphatic rings. The van der Waals surface area contributed by atoms with Crippen LogP contribution in [0.2, 0.25) is 0 Å². The maximum Gasteiger partial charge on any atom is 0.312 e. The summed E-state index contributed by atoms with van der Waals surface area (Å²) in [6, 6.07) is 2.58. The lowest BCUT2D eigenvalue weighted by molar-refractivity contribution is -0.385. The number of hydrogen-bond donors (Lipinski definition) is 1. The zero-order valence-electron chi connectivity index (χ0n) is 8.80. The lowest BCUT2D eigenvalue weighted by Crippen LogP contribution is -1.93. The third-order valence-electron chi connectivity index (χ3n) is 2.05. The average molecular weight is 256 g/mol. The Labute approximate surface area is 102 Å². The normalized spacial score (nSPS) is 10.6. The number of benzene rings is 1. The molecule has 1 aromatic rings. The topological polar surface area (TPSA) is 80.4 Å². The van der Waals surface area contributed by atoms with Crippen molar-refractivity contribution in [2.45, 2.75) is 6.42 Å². The number of phenols is 1. The number of allylic oxidation sites excluding steroid dienone is 1. The highest BCUT2D eigenvalue weighted by Gasteiger charge is 2.17. The SMILES string of the molecule is O=Cc1cc(C=CCCCl)cc([N+](=O)[O-])c1O. The van der Waals surface area contributed by atoms with Crippen molar-refractivity contribution >= 4 is 29.7 Å². The fraction of sp³-hybridized carbons (Fsp3) is 0.182. The number of aromatic hydroxyl groups is 1. The fourth-order valence-electron chi connectivity index (χ4n) is 1.27. The summed E-state index contributed by atoms with van der Waals surface area (Å²) >= 11 is 5.48. The van der Waals surface area contributed by atoms with Gasteiger partial charge in [-0.3, -0.25) is 14.9 Å². The van der Waals surface area contributed by atoms with Crippen molar-refractivity contribution in [1.82, 2.24) is 0 Å². The molecule has 6 heteroatoms. The highest BCUT2D eigenvalue weighted by molar-refractivity contribution is 6.17. The second kappa shape index (κ2) is 6.00. The summed E-state index contributed by atoms with van der Waals surface area (Å²) in [5, 5.41) is 20.1. The minimum Gasteiger partial charge on any atom is -0.502 e. The number of rotatable bonds is 5. The van der Waals surface area contributed by atoms with Gasteiger partial charge in [0.25, 0.3) is 0 Å². The van der Waals surface area contributed by atoms with Crippen LogP contribution in [0.15, 0.2) is 18.2 Å². The first-order chi connectivity index (χ1) is 8.10.